The summed E-state index contributed by atoms with van der Waals surface area (Å²) < 4.78 is 29.1. The molecule has 9 heteroatoms. The van der Waals surface area contributed by atoms with Crippen LogP contribution in [0.4, 0.5) is 20.5 Å². The van der Waals surface area contributed by atoms with Crippen LogP contribution in [0.25, 0.3) is 0 Å². The molecular formula is C16H23F2N5O2. The van der Waals surface area contributed by atoms with Crippen molar-refractivity contribution in [3.05, 3.63) is 11.8 Å². The van der Waals surface area contributed by atoms with E-state index in [1.807, 2.05) is 0 Å². The first-order valence-corrected chi connectivity index (χ1v) is 8.65. The summed E-state index contributed by atoms with van der Waals surface area (Å²) >= 11 is 0. The van der Waals surface area contributed by atoms with Gasteiger partial charge in [-0.1, -0.05) is 0 Å². The van der Waals surface area contributed by atoms with Crippen LogP contribution < -0.4 is 16.4 Å². The molecule has 2 aliphatic carbocycles. The van der Waals surface area contributed by atoms with Crippen molar-refractivity contribution in [1.82, 2.24) is 9.97 Å². The third-order valence-corrected chi connectivity index (χ3v) is 4.80. The molecule has 25 heavy (non-hydrogen) atoms. The van der Waals surface area contributed by atoms with E-state index in [4.69, 9.17) is 5.73 Å². The summed E-state index contributed by atoms with van der Waals surface area (Å²) in [5.41, 5.74) is 5.65. The van der Waals surface area contributed by atoms with Crippen molar-refractivity contribution in [2.75, 3.05) is 10.6 Å². The maximum Gasteiger partial charge on any atom is 0.345 e. The van der Waals surface area contributed by atoms with Crippen LogP contribution in [0.5, 0.6) is 0 Å². The Morgan fingerprint density at radius 1 is 1.16 bits per heavy atom. The number of hydrogen-bond acceptors (Lipinski definition) is 6. The number of amides is 1. The normalized spacial score (nSPS) is 24.0. The number of primary amides is 1. The highest BCUT2D eigenvalue weighted by atomic mass is 19.3. The molecular weight excluding hydrogens is 332 g/mol. The van der Waals surface area contributed by atoms with Crippen molar-refractivity contribution in [2.45, 2.75) is 69.7 Å². The van der Waals surface area contributed by atoms with Gasteiger partial charge in [0.2, 0.25) is 5.95 Å². The first-order chi connectivity index (χ1) is 12.0. The fraction of sp³-hybridized carbons (Fsp3) is 0.688. The van der Waals surface area contributed by atoms with Gasteiger partial charge in [0.25, 0.3) is 5.91 Å². The van der Waals surface area contributed by atoms with Crippen molar-refractivity contribution in [2.24, 2.45) is 5.73 Å². The lowest BCUT2D eigenvalue weighted by atomic mass is 9.93. The molecule has 1 aromatic heterocycles. The van der Waals surface area contributed by atoms with Gasteiger partial charge in [-0.3, -0.25) is 4.79 Å². The number of nitrogens with one attached hydrogen (secondary N) is 2. The smallest absolute Gasteiger partial charge is 0.345 e. The van der Waals surface area contributed by atoms with Gasteiger partial charge in [-0.2, -0.15) is 13.8 Å². The quantitative estimate of drug-likeness (QED) is 0.694. The maximum atomic E-state index is 12.2. The minimum atomic E-state index is -2.72. The molecule has 2 saturated carbocycles. The van der Waals surface area contributed by atoms with Gasteiger partial charge >= 0.3 is 6.61 Å². The molecule has 3 rings (SSSR count). The molecule has 0 spiro atoms. The molecule has 2 fully saturated rings. The standard InChI is InChI=1S/C16H23F2N5O2/c17-15(18)25-11-6-4-10(5-7-11)22-16-20-8-12(13(19)24)14(23-16)21-9-2-1-3-9/h8-11,15H,1-7H2,(H2,19,24)(H2,20,21,22,23). The Balaban J connectivity index is 1.60. The molecule has 0 aromatic carbocycles. The SMILES string of the molecule is NC(=O)c1cnc(NC2CCC(OC(F)F)CC2)nc1NC1CCC1. The first kappa shape index (κ1) is 17.8. The summed E-state index contributed by atoms with van der Waals surface area (Å²) in [6, 6.07) is 0.399. The van der Waals surface area contributed by atoms with Crippen LogP contribution in [0.3, 0.4) is 0 Å². The van der Waals surface area contributed by atoms with Crippen molar-refractivity contribution < 1.29 is 18.3 Å². The van der Waals surface area contributed by atoms with E-state index in [-0.39, 0.29) is 11.6 Å². The van der Waals surface area contributed by atoms with Gasteiger partial charge < -0.3 is 21.1 Å². The number of nitrogens with zero attached hydrogens (tertiary/aromatic N) is 2. The lowest BCUT2D eigenvalue weighted by molar-refractivity contribution is -0.169. The summed E-state index contributed by atoms with van der Waals surface area (Å²) in [7, 11) is 0. The summed E-state index contributed by atoms with van der Waals surface area (Å²) in [4.78, 5) is 20.1. The molecule has 0 unspecified atom stereocenters. The van der Waals surface area contributed by atoms with E-state index in [0.717, 1.165) is 19.3 Å². The molecule has 2 aliphatic rings. The number of halogens is 2. The van der Waals surface area contributed by atoms with Crippen LogP contribution in [0.15, 0.2) is 6.20 Å². The fourth-order valence-corrected chi connectivity index (χ4v) is 3.16. The van der Waals surface area contributed by atoms with Crippen LogP contribution in [-0.2, 0) is 4.74 Å². The third kappa shape index (κ3) is 4.75. The van der Waals surface area contributed by atoms with Crippen LogP contribution >= 0.6 is 0 Å². The van der Waals surface area contributed by atoms with E-state index < -0.39 is 18.6 Å². The average molecular weight is 355 g/mol. The highest BCUT2D eigenvalue weighted by Crippen LogP contribution is 2.27. The zero-order valence-electron chi connectivity index (χ0n) is 13.9. The van der Waals surface area contributed by atoms with Crippen molar-refractivity contribution in [3.63, 3.8) is 0 Å². The molecule has 1 heterocycles. The fourth-order valence-electron chi connectivity index (χ4n) is 3.16. The molecule has 0 radical (unpaired) electrons. The zero-order valence-corrected chi connectivity index (χ0v) is 13.9. The monoisotopic (exact) mass is 355 g/mol. The predicted molar refractivity (Wildman–Crippen MR) is 88.6 cm³/mol. The zero-order chi connectivity index (χ0) is 17.8. The molecule has 1 aromatic rings. The molecule has 7 nitrogen and oxygen atoms in total. The summed E-state index contributed by atoms with van der Waals surface area (Å²) in [5, 5.41) is 6.45. The van der Waals surface area contributed by atoms with Gasteiger partial charge in [-0.05, 0) is 44.9 Å². The molecule has 1 amide bonds. The second-order valence-corrected chi connectivity index (χ2v) is 6.61. The van der Waals surface area contributed by atoms with Gasteiger partial charge in [0, 0.05) is 18.3 Å². The molecule has 0 bridgehead atoms. The van der Waals surface area contributed by atoms with E-state index in [9.17, 15) is 13.6 Å². The van der Waals surface area contributed by atoms with Crippen LogP contribution in [0.2, 0.25) is 0 Å². The Bertz CT molecular complexity index is 604. The van der Waals surface area contributed by atoms with E-state index in [1.54, 1.807) is 0 Å². The lowest BCUT2D eigenvalue weighted by Gasteiger charge is -2.29. The van der Waals surface area contributed by atoms with Crippen molar-refractivity contribution >= 4 is 17.7 Å². The number of aromatic nitrogens is 2. The molecule has 4 N–H and O–H groups in total. The second kappa shape index (κ2) is 7.90. The van der Waals surface area contributed by atoms with Gasteiger partial charge in [0.05, 0.1) is 11.7 Å². The highest BCUT2D eigenvalue weighted by molar-refractivity contribution is 5.97. The Hall–Kier alpha value is -2.03. The van der Waals surface area contributed by atoms with E-state index in [0.29, 0.717) is 43.5 Å². The van der Waals surface area contributed by atoms with E-state index in [1.165, 1.54) is 6.20 Å². The Morgan fingerprint density at radius 2 is 1.84 bits per heavy atom. The van der Waals surface area contributed by atoms with Gasteiger partial charge in [0.1, 0.15) is 5.82 Å². The number of rotatable bonds is 7. The topological polar surface area (TPSA) is 102 Å². The lowest BCUT2D eigenvalue weighted by Crippen LogP contribution is -2.32. The second-order valence-electron chi connectivity index (χ2n) is 6.61. The van der Waals surface area contributed by atoms with Crippen LogP contribution in [0, 0.1) is 0 Å². The first-order valence-electron chi connectivity index (χ1n) is 8.65. The van der Waals surface area contributed by atoms with Gasteiger partial charge in [0.15, 0.2) is 0 Å². The minimum absolute atomic E-state index is 0.0912. The number of hydrogen-bond donors (Lipinski definition) is 3. The Morgan fingerprint density at radius 3 is 2.40 bits per heavy atom. The maximum absolute atomic E-state index is 12.2. The van der Waals surface area contributed by atoms with Crippen LogP contribution in [0.1, 0.15) is 55.3 Å². The summed E-state index contributed by atoms with van der Waals surface area (Å²) in [5.74, 6) is 0.285. The average Bonchev–Trinajstić information content (AvgIpc) is 2.52. The molecule has 0 aliphatic heterocycles. The van der Waals surface area contributed by atoms with Gasteiger partial charge in [-0.25, -0.2) is 4.98 Å². The van der Waals surface area contributed by atoms with E-state index >= 15 is 0 Å². The van der Waals surface area contributed by atoms with Crippen molar-refractivity contribution in [3.8, 4) is 0 Å². The molecule has 138 valence electrons. The Labute approximate surface area is 144 Å². The molecule has 0 atom stereocenters. The molecule has 0 saturated heterocycles. The summed E-state index contributed by atoms with van der Waals surface area (Å²) in [6.45, 7) is -2.72. The van der Waals surface area contributed by atoms with Crippen LogP contribution in [-0.4, -0.2) is 40.7 Å². The largest absolute Gasteiger partial charge is 0.367 e. The number of anilines is 2. The van der Waals surface area contributed by atoms with Crippen molar-refractivity contribution in [1.29, 1.82) is 0 Å². The number of nitrogens with two attached hydrogens (primary N) is 1. The third-order valence-electron chi connectivity index (χ3n) is 4.80. The number of alkyl halides is 2. The number of carbonyl (C=O) groups excluding carboxylic acids is 1. The number of ether oxygens (including phenoxy) is 1. The highest BCUT2D eigenvalue weighted by Gasteiger charge is 2.25. The van der Waals surface area contributed by atoms with E-state index in [2.05, 4.69) is 25.3 Å². The minimum Gasteiger partial charge on any atom is -0.367 e. The number of carbonyl (C=O) groups is 1. The Kier molecular flexibility index (Phi) is 5.62. The summed E-state index contributed by atoms with van der Waals surface area (Å²) in [6.07, 6.45) is 6.79. The van der Waals surface area contributed by atoms with Gasteiger partial charge in [-0.15, -0.1) is 0 Å². The predicted octanol–water partition coefficient (Wildman–Crippen LogP) is 2.50.